The third-order valence-corrected chi connectivity index (χ3v) is 11.3. The molecule has 0 aromatic heterocycles. The summed E-state index contributed by atoms with van der Waals surface area (Å²) in [6, 6.07) is 0. The highest BCUT2D eigenvalue weighted by molar-refractivity contribution is 7.47. The lowest BCUT2D eigenvalue weighted by Gasteiger charge is -2.41. The van der Waals surface area contributed by atoms with Crippen molar-refractivity contribution in [3.05, 3.63) is 60.8 Å². The van der Waals surface area contributed by atoms with Gasteiger partial charge in [-0.05, 0) is 83.5 Å². The summed E-state index contributed by atoms with van der Waals surface area (Å²) in [7, 11) is -5.13. The van der Waals surface area contributed by atoms with E-state index in [0.29, 0.717) is 12.8 Å². The van der Waals surface area contributed by atoms with Crippen LogP contribution in [0, 0.1) is 0 Å². The van der Waals surface area contributed by atoms with Crippen molar-refractivity contribution in [1.29, 1.82) is 0 Å². The molecular formula is C47H81O13P. The topological polar surface area (TPSA) is 210 Å². The molecule has 1 aliphatic rings. The van der Waals surface area contributed by atoms with Crippen LogP contribution in [0.4, 0.5) is 0 Å². The molecule has 8 atom stereocenters. The summed E-state index contributed by atoms with van der Waals surface area (Å²) < 4.78 is 33.5. The lowest BCUT2D eigenvalue weighted by molar-refractivity contribution is -0.220. The van der Waals surface area contributed by atoms with Crippen LogP contribution in [-0.2, 0) is 32.7 Å². The molecular weight excluding hydrogens is 803 g/mol. The number of carbonyl (C=O) groups is 2. The number of esters is 2. The van der Waals surface area contributed by atoms with Gasteiger partial charge in [-0.3, -0.25) is 18.6 Å². The van der Waals surface area contributed by atoms with Crippen LogP contribution in [0.5, 0.6) is 0 Å². The van der Waals surface area contributed by atoms with Crippen LogP contribution in [-0.4, -0.2) is 98.3 Å². The van der Waals surface area contributed by atoms with Gasteiger partial charge < -0.3 is 39.9 Å². The SMILES string of the molecule is CCCCCC=CCC=CCC=CCCCCCCC(=O)O[C@H](COC(=O)CCCCCCCC=CCC=CCCCCC)COP(=O)(O)OC1C(O)C(O)C(O)[C@@H](O)C1O. The lowest BCUT2D eigenvalue weighted by Crippen LogP contribution is -2.64. The summed E-state index contributed by atoms with van der Waals surface area (Å²) in [6.45, 7) is 3.20. The first kappa shape index (κ1) is 56.6. The van der Waals surface area contributed by atoms with Crippen molar-refractivity contribution in [2.24, 2.45) is 0 Å². The maximum absolute atomic E-state index is 12.8. The predicted molar refractivity (Wildman–Crippen MR) is 239 cm³/mol. The van der Waals surface area contributed by atoms with E-state index < -0.39 is 75.7 Å². The quantitative estimate of drug-likeness (QED) is 0.0149. The van der Waals surface area contributed by atoms with E-state index in [2.05, 4.69) is 74.6 Å². The number of aliphatic hydroxyl groups excluding tert-OH is 5. The summed E-state index contributed by atoms with van der Waals surface area (Å²) >= 11 is 0. The van der Waals surface area contributed by atoms with E-state index in [9.17, 15) is 44.6 Å². The highest BCUT2D eigenvalue weighted by atomic mass is 31.2. The first-order chi connectivity index (χ1) is 29.4. The Morgan fingerprint density at radius 3 is 1.34 bits per heavy atom. The number of hydrogen-bond acceptors (Lipinski definition) is 12. The zero-order valence-electron chi connectivity index (χ0n) is 37.2. The van der Waals surface area contributed by atoms with E-state index in [-0.39, 0.29) is 12.8 Å². The number of carbonyl (C=O) groups excluding carboxylic acids is 2. The van der Waals surface area contributed by atoms with Gasteiger partial charge in [0.1, 0.15) is 43.2 Å². The number of phosphoric acid groups is 1. The molecule has 0 saturated heterocycles. The molecule has 0 spiro atoms. The van der Waals surface area contributed by atoms with Gasteiger partial charge in [-0.15, -0.1) is 0 Å². The molecule has 6 unspecified atom stereocenters. The van der Waals surface area contributed by atoms with Crippen molar-refractivity contribution in [3.63, 3.8) is 0 Å². The molecule has 0 aromatic carbocycles. The Balaban J connectivity index is 2.50. The number of phosphoric ester groups is 1. The van der Waals surface area contributed by atoms with Gasteiger partial charge in [-0.2, -0.15) is 0 Å². The van der Waals surface area contributed by atoms with Gasteiger partial charge in [0, 0.05) is 12.8 Å². The van der Waals surface area contributed by atoms with E-state index in [1.54, 1.807) is 0 Å². The van der Waals surface area contributed by atoms with E-state index in [0.717, 1.165) is 89.9 Å². The Hall–Kier alpha value is -2.45. The minimum atomic E-state index is -5.13. The molecule has 0 radical (unpaired) electrons. The molecule has 1 saturated carbocycles. The average Bonchev–Trinajstić information content (AvgIpc) is 3.24. The molecule has 61 heavy (non-hydrogen) atoms. The molecule has 352 valence electrons. The predicted octanol–water partition coefficient (Wildman–Crippen LogP) is 8.94. The van der Waals surface area contributed by atoms with Crippen molar-refractivity contribution in [2.45, 2.75) is 211 Å². The molecule has 0 aromatic rings. The molecule has 0 aliphatic heterocycles. The molecule has 0 bridgehead atoms. The van der Waals surface area contributed by atoms with Gasteiger partial charge in [0.05, 0.1) is 6.61 Å². The number of hydrogen-bond donors (Lipinski definition) is 6. The Bertz CT molecular complexity index is 1300. The van der Waals surface area contributed by atoms with Crippen molar-refractivity contribution >= 4 is 19.8 Å². The van der Waals surface area contributed by atoms with Crippen LogP contribution in [0.25, 0.3) is 0 Å². The van der Waals surface area contributed by atoms with Gasteiger partial charge in [-0.25, -0.2) is 4.57 Å². The second-order valence-corrected chi connectivity index (χ2v) is 17.3. The monoisotopic (exact) mass is 885 g/mol. The van der Waals surface area contributed by atoms with Crippen LogP contribution >= 0.6 is 7.82 Å². The zero-order chi connectivity index (χ0) is 45.0. The summed E-state index contributed by atoms with van der Waals surface area (Å²) in [5.41, 5.74) is 0. The Morgan fingerprint density at radius 1 is 0.508 bits per heavy atom. The molecule has 1 rings (SSSR count). The third-order valence-electron chi connectivity index (χ3n) is 10.3. The van der Waals surface area contributed by atoms with Crippen LogP contribution in [0.15, 0.2) is 60.8 Å². The maximum atomic E-state index is 12.8. The van der Waals surface area contributed by atoms with E-state index >= 15 is 0 Å². The van der Waals surface area contributed by atoms with Crippen LogP contribution in [0.2, 0.25) is 0 Å². The van der Waals surface area contributed by atoms with Crippen LogP contribution in [0.1, 0.15) is 168 Å². The largest absolute Gasteiger partial charge is 0.472 e. The highest BCUT2D eigenvalue weighted by Gasteiger charge is 2.51. The van der Waals surface area contributed by atoms with Gasteiger partial charge in [0.25, 0.3) is 0 Å². The second-order valence-electron chi connectivity index (χ2n) is 15.9. The van der Waals surface area contributed by atoms with Gasteiger partial charge in [0.2, 0.25) is 0 Å². The smallest absolute Gasteiger partial charge is 0.462 e. The number of unbranched alkanes of at least 4 members (excludes halogenated alkanes) is 15. The third kappa shape index (κ3) is 29.5. The lowest BCUT2D eigenvalue weighted by atomic mass is 9.85. The fraction of sp³-hybridized carbons (Fsp3) is 0.745. The summed E-state index contributed by atoms with van der Waals surface area (Å²) in [5.74, 6) is -1.14. The number of allylic oxidation sites excluding steroid dienone is 10. The highest BCUT2D eigenvalue weighted by Crippen LogP contribution is 2.47. The van der Waals surface area contributed by atoms with Gasteiger partial charge >= 0.3 is 19.8 Å². The minimum absolute atomic E-state index is 0.0654. The van der Waals surface area contributed by atoms with Crippen LogP contribution in [0.3, 0.4) is 0 Å². The van der Waals surface area contributed by atoms with E-state index in [4.69, 9.17) is 18.5 Å². The van der Waals surface area contributed by atoms with E-state index in [1.807, 2.05) is 0 Å². The van der Waals surface area contributed by atoms with Crippen molar-refractivity contribution < 1.29 is 63.1 Å². The Morgan fingerprint density at radius 2 is 0.885 bits per heavy atom. The molecule has 0 heterocycles. The summed E-state index contributed by atoms with van der Waals surface area (Å²) in [5, 5.41) is 50.1. The average molecular weight is 885 g/mol. The molecule has 6 N–H and O–H groups in total. The first-order valence-corrected chi connectivity index (χ1v) is 24.6. The standard InChI is InChI=1S/C47H81O13P/c1-3-5-7-9-11-13-15-17-19-20-22-24-26-28-30-32-34-36-41(49)59-39(38-58-61(55,56)60-47-45(53)43(51)42(50)44(52)46(47)54)37-57-40(48)35-33-31-29-27-25-23-21-18-16-14-12-10-8-6-4-2/h11-14,17-19,21-22,24,39,42-47,50-54H,3-10,15-16,20,23,25-38H2,1-2H3,(H,55,56)/t39-,42?,43-,44?,45?,46?,47?/m1/s1. The summed E-state index contributed by atoms with van der Waals surface area (Å²) in [4.78, 5) is 35.7. The number of rotatable bonds is 37. The van der Waals surface area contributed by atoms with Gasteiger partial charge in [-0.1, -0.05) is 132 Å². The second kappa shape index (κ2) is 37.0. The Kier molecular flexibility index (Phi) is 34.3. The van der Waals surface area contributed by atoms with Crippen molar-refractivity contribution in [3.8, 4) is 0 Å². The molecule has 14 heteroatoms. The first-order valence-electron chi connectivity index (χ1n) is 23.1. The summed E-state index contributed by atoms with van der Waals surface area (Å²) in [6.07, 6.45) is 31.2. The normalized spacial score (nSPS) is 22.6. The van der Waals surface area contributed by atoms with E-state index in [1.165, 1.54) is 38.5 Å². The molecule has 0 amide bonds. The fourth-order valence-electron chi connectivity index (χ4n) is 6.56. The number of aliphatic hydroxyl groups is 5. The van der Waals surface area contributed by atoms with Crippen molar-refractivity contribution in [2.75, 3.05) is 13.2 Å². The molecule has 13 nitrogen and oxygen atoms in total. The minimum Gasteiger partial charge on any atom is -0.462 e. The number of ether oxygens (including phenoxy) is 2. The van der Waals surface area contributed by atoms with Gasteiger partial charge in [0.15, 0.2) is 6.10 Å². The fourth-order valence-corrected chi connectivity index (χ4v) is 7.53. The molecule has 1 aliphatic carbocycles. The zero-order valence-corrected chi connectivity index (χ0v) is 38.1. The Labute approximate surface area is 366 Å². The molecule has 1 fully saturated rings. The maximum Gasteiger partial charge on any atom is 0.472 e. The van der Waals surface area contributed by atoms with Crippen molar-refractivity contribution in [1.82, 2.24) is 0 Å². The van der Waals surface area contributed by atoms with Crippen LogP contribution < -0.4 is 0 Å².